The van der Waals surface area contributed by atoms with Crippen molar-refractivity contribution in [2.75, 3.05) is 7.11 Å². The molecule has 0 saturated carbocycles. The largest absolute Gasteiger partial charge is 0.504 e. The van der Waals surface area contributed by atoms with Gasteiger partial charge in [-0.3, -0.25) is 0 Å². The molecule has 1 atom stereocenters. The third-order valence-corrected chi connectivity index (χ3v) is 4.41. The van der Waals surface area contributed by atoms with Gasteiger partial charge in [0, 0.05) is 0 Å². The number of hydrogen-bond acceptors (Lipinski definition) is 4. The molecule has 1 aromatic carbocycles. The Morgan fingerprint density at radius 1 is 1.57 bits per heavy atom. The molecule has 6 heteroatoms. The number of benzene rings is 1. The summed E-state index contributed by atoms with van der Waals surface area (Å²) in [7, 11) is 0.544. The maximum Gasteiger partial charge on any atom is 0.491 e. The van der Waals surface area contributed by atoms with E-state index in [2.05, 4.69) is 6.58 Å². The zero-order valence-electron chi connectivity index (χ0n) is 12.1. The molecule has 1 unspecified atom stereocenters. The van der Waals surface area contributed by atoms with Gasteiger partial charge in [0.25, 0.3) is 0 Å². The number of allylic oxidation sites excluding steroid dienone is 2. The summed E-state index contributed by atoms with van der Waals surface area (Å²) in [6.07, 6.45) is 3.13. The summed E-state index contributed by atoms with van der Waals surface area (Å²) in [4.78, 5) is 0. The molecule has 2 N–H and O–H groups in total. The summed E-state index contributed by atoms with van der Waals surface area (Å²) in [6.45, 7) is 5.93. The standard InChI is InChI=1S/C15H18BIO4/c1-4-9(2)11-5-6-13(21-16(11)19)10-7-12(17)15(18)14(8-10)20-3/h5,7-8,13,18-19H,2,4,6H2,1,3H3. The van der Waals surface area contributed by atoms with Crippen molar-refractivity contribution in [3.8, 4) is 11.5 Å². The maximum absolute atomic E-state index is 10.1. The zero-order valence-corrected chi connectivity index (χ0v) is 14.3. The van der Waals surface area contributed by atoms with Crippen LogP contribution in [0.25, 0.3) is 0 Å². The van der Waals surface area contributed by atoms with E-state index >= 15 is 0 Å². The van der Waals surface area contributed by atoms with Crippen LogP contribution >= 0.6 is 22.6 Å². The van der Waals surface area contributed by atoms with Crippen LogP contribution in [0.4, 0.5) is 0 Å². The van der Waals surface area contributed by atoms with Gasteiger partial charge in [0.05, 0.1) is 16.8 Å². The van der Waals surface area contributed by atoms with E-state index in [0.717, 1.165) is 23.0 Å². The highest BCUT2D eigenvalue weighted by molar-refractivity contribution is 14.1. The Morgan fingerprint density at radius 3 is 2.86 bits per heavy atom. The SMILES string of the molecule is C=C(CC)C1=CCC(c2cc(I)c(O)c(OC)c2)OB1O. The van der Waals surface area contributed by atoms with Gasteiger partial charge < -0.3 is 19.5 Å². The number of rotatable bonds is 4. The van der Waals surface area contributed by atoms with Gasteiger partial charge in [0.1, 0.15) is 0 Å². The highest BCUT2D eigenvalue weighted by Crippen LogP contribution is 2.38. The molecule has 0 bridgehead atoms. The van der Waals surface area contributed by atoms with E-state index < -0.39 is 7.12 Å². The summed E-state index contributed by atoms with van der Waals surface area (Å²) >= 11 is 2.04. The van der Waals surface area contributed by atoms with Gasteiger partial charge in [-0.1, -0.05) is 25.2 Å². The minimum atomic E-state index is -0.964. The van der Waals surface area contributed by atoms with Gasteiger partial charge in [-0.15, -0.1) is 0 Å². The average Bonchev–Trinajstić information content (AvgIpc) is 2.49. The van der Waals surface area contributed by atoms with Crippen LogP contribution in [0.5, 0.6) is 11.5 Å². The third-order valence-electron chi connectivity index (χ3n) is 3.59. The van der Waals surface area contributed by atoms with Crippen LogP contribution in [0.3, 0.4) is 0 Å². The van der Waals surface area contributed by atoms with Crippen molar-refractivity contribution in [3.05, 3.63) is 45.0 Å². The summed E-state index contributed by atoms with van der Waals surface area (Å²) in [5.41, 5.74) is 2.51. The Labute approximate surface area is 138 Å². The van der Waals surface area contributed by atoms with Crippen molar-refractivity contribution >= 4 is 29.7 Å². The fourth-order valence-corrected chi connectivity index (χ4v) is 2.92. The number of hydrogen-bond donors (Lipinski definition) is 2. The molecule has 1 aliphatic heterocycles. The van der Waals surface area contributed by atoms with Crippen LogP contribution in [0.15, 0.2) is 35.8 Å². The van der Waals surface area contributed by atoms with Gasteiger partial charge >= 0.3 is 7.12 Å². The van der Waals surface area contributed by atoms with Crippen LogP contribution in [0, 0.1) is 3.57 Å². The van der Waals surface area contributed by atoms with Crippen LogP contribution in [-0.4, -0.2) is 24.4 Å². The molecule has 1 heterocycles. The second-order valence-electron chi connectivity index (χ2n) is 4.88. The highest BCUT2D eigenvalue weighted by Gasteiger charge is 2.30. The number of aromatic hydroxyl groups is 1. The van der Waals surface area contributed by atoms with E-state index in [-0.39, 0.29) is 11.9 Å². The second-order valence-corrected chi connectivity index (χ2v) is 6.05. The Balaban J connectivity index is 2.27. The molecular weight excluding hydrogens is 382 g/mol. The fraction of sp³-hybridized carbons (Fsp3) is 0.333. The van der Waals surface area contributed by atoms with E-state index in [1.54, 1.807) is 6.07 Å². The van der Waals surface area contributed by atoms with E-state index in [4.69, 9.17) is 9.39 Å². The first-order valence-corrected chi connectivity index (χ1v) is 7.83. The molecule has 0 aromatic heterocycles. The average molecular weight is 400 g/mol. The van der Waals surface area contributed by atoms with E-state index in [9.17, 15) is 10.1 Å². The van der Waals surface area contributed by atoms with Gasteiger partial charge in [-0.2, -0.15) is 0 Å². The zero-order chi connectivity index (χ0) is 15.6. The molecule has 0 aliphatic carbocycles. The molecular formula is C15H18BIO4. The molecule has 0 saturated heterocycles. The van der Waals surface area contributed by atoms with E-state index in [0.29, 0.717) is 15.7 Å². The number of phenolic OH excluding ortho intramolecular Hbond substituents is 1. The van der Waals surface area contributed by atoms with Crippen LogP contribution in [0.1, 0.15) is 31.4 Å². The molecule has 0 spiro atoms. The summed E-state index contributed by atoms with van der Waals surface area (Å²) < 4.78 is 11.5. The molecule has 112 valence electrons. The van der Waals surface area contributed by atoms with Crippen molar-refractivity contribution < 1.29 is 19.5 Å². The predicted molar refractivity (Wildman–Crippen MR) is 91.3 cm³/mol. The third kappa shape index (κ3) is 3.44. The topological polar surface area (TPSA) is 58.9 Å². The second kappa shape index (κ2) is 6.85. The number of methoxy groups -OCH3 is 1. The maximum atomic E-state index is 10.1. The van der Waals surface area contributed by atoms with E-state index in [1.165, 1.54) is 7.11 Å². The van der Waals surface area contributed by atoms with Gasteiger partial charge in [0.15, 0.2) is 11.5 Å². The molecule has 1 aliphatic rings. The Bertz CT molecular complexity index is 585. The number of ether oxygens (including phenoxy) is 1. The minimum absolute atomic E-state index is 0.119. The predicted octanol–water partition coefficient (Wildman–Crippen LogP) is 3.38. The Kier molecular flexibility index (Phi) is 5.35. The van der Waals surface area contributed by atoms with Crippen molar-refractivity contribution in [1.82, 2.24) is 0 Å². The lowest BCUT2D eigenvalue weighted by molar-refractivity contribution is 0.168. The number of halogens is 1. The first-order valence-electron chi connectivity index (χ1n) is 6.76. The van der Waals surface area contributed by atoms with Crippen LogP contribution in [-0.2, 0) is 4.65 Å². The quantitative estimate of drug-likeness (QED) is 0.601. The summed E-state index contributed by atoms with van der Waals surface area (Å²) in [5, 5.41) is 20.0. The van der Waals surface area contributed by atoms with Gasteiger partial charge in [-0.25, -0.2) is 0 Å². The van der Waals surface area contributed by atoms with Crippen molar-refractivity contribution in [3.63, 3.8) is 0 Å². The van der Waals surface area contributed by atoms with Gasteiger partial charge in [-0.05, 0) is 58.6 Å². The summed E-state index contributed by atoms with van der Waals surface area (Å²) in [6, 6.07) is 3.58. The van der Waals surface area contributed by atoms with Crippen molar-refractivity contribution in [2.24, 2.45) is 0 Å². The molecule has 2 rings (SSSR count). The van der Waals surface area contributed by atoms with Crippen molar-refractivity contribution in [1.29, 1.82) is 0 Å². The molecule has 0 radical (unpaired) electrons. The Hall–Kier alpha value is -0.985. The minimum Gasteiger partial charge on any atom is -0.504 e. The smallest absolute Gasteiger partial charge is 0.491 e. The number of phenols is 1. The molecule has 4 nitrogen and oxygen atoms in total. The lowest BCUT2D eigenvalue weighted by Crippen LogP contribution is -2.28. The highest BCUT2D eigenvalue weighted by atomic mass is 127. The van der Waals surface area contributed by atoms with Crippen molar-refractivity contribution in [2.45, 2.75) is 25.9 Å². The fourth-order valence-electron chi connectivity index (χ4n) is 2.29. The summed E-state index contributed by atoms with van der Waals surface area (Å²) in [5.74, 6) is 0.525. The first kappa shape index (κ1) is 16.4. The molecule has 0 amide bonds. The van der Waals surface area contributed by atoms with Crippen LogP contribution in [0.2, 0.25) is 0 Å². The first-order chi connectivity index (χ1) is 9.97. The molecule has 1 aromatic rings. The monoisotopic (exact) mass is 400 g/mol. The van der Waals surface area contributed by atoms with E-state index in [1.807, 2.05) is 41.7 Å². The Morgan fingerprint density at radius 2 is 2.29 bits per heavy atom. The molecule has 0 fully saturated rings. The van der Waals surface area contributed by atoms with Gasteiger partial charge in [0.2, 0.25) is 0 Å². The lowest BCUT2D eigenvalue weighted by Gasteiger charge is -2.27. The molecule has 21 heavy (non-hydrogen) atoms. The normalized spacial score (nSPS) is 18.4. The van der Waals surface area contributed by atoms with Crippen LogP contribution < -0.4 is 4.74 Å². The lowest BCUT2D eigenvalue weighted by atomic mass is 9.70.